The normalized spacial score (nSPS) is 21.8. The first-order valence-corrected chi connectivity index (χ1v) is 7.26. The molecule has 8 heteroatoms. The molecule has 2 atom stereocenters. The van der Waals surface area contributed by atoms with Crippen LogP contribution < -0.4 is 11.1 Å². The molecular formula is C14H22N4O4. The number of carbonyl (C=O) groups is 2. The summed E-state index contributed by atoms with van der Waals surface area (Å²) >= 11 is 0. The summed E-state index contributed by atoms with van der Waals surface area (Å²) in [6.07, 6.45) is 3.51. The number of nitrogens with zero attached hydrogens (tertiary/aromatic N) is 2. The summed E-state index contributed by atoms with van der Waals surface area (Å²) < 4.78 is 9.74. The highest BCUT2D eigenvalue weighted by molar-refractivity contribution is 5.91. The van der Waals surface area contributed by atoms with Crippen LogP contribution in [-0.2, 0) is 16.1 Å². The summed E-state index contributed by atoms with van der Waals surface area (Å²) in [6.45, 7) is 0.658. The Morgan fingerprint density at radius 2 is 2.23 bits per heavy atom. The zero-order chi connectivity index (χ0) is 16.1. The van der Waals surface area contributed by atoms with Gasteiger partial charge in [-0.3, -0.25) is 14.5 Å². The van der Waals surface area contributed by atoms with Crippen molar-refractivity contribution in [3.63, 3.8) is 0 Å². The summed E-state index contributed by atoms with van der Waals surface area (Å²) in [5.74, 6) is -0.159. The first-order chi connectivity index (χ1) is 10.5. The molecule has 0 radical (unpaired) electrons. The van der Waals surface area contributed by atoms with Crippen molar-refractivity contribution in [2.75, 3.05) is 20.7 Å². The van der Waals surface area contributed by atoms with Gasteiger partial charge >= 0.3 is 5.97 Å². The Balaban J connectivity index is 1.82. The molecule has 1 saturated heterocycles. The third-order valence-electron chi connectivity index (χ3n) is 4.07. The smallest absolute Gasteiger partial charge is 0.307 e. The van der Waals surface area contributed by atoms with Gasteiger partial charge in [0.2, 0.25) is 5.89 Å². The molecule has 1 aliphatic rings. The number of carbonyl (C=O) groups excluding carboxylic acids is 2. The zero-order valence-corrected chi connectivity index (χ0v) is 12.9. The first kappa shape index (κ1) is 16.4. The van der Waals surface area contributed by atoms with Crippen LogP contribution in [0.2, 0.25) is 0 Å². The van der Waals surface area contributed by atoms with Gasteiger partial charge in [0.05, 0.1) is 20.1 Å². The molecule has 1 aromatic rings. The van der Waals surface area contributed by atoms with Crippen LogP contribution in [0.25, 0.3) is 0 Å². The van der Waals surface area contributed by atoms with Crippen molar-refractivity contribution in [1.82, 2.24) is 15.2 Å². The van der Waals surface area contributed by atoms with Gasteiger partial charge in [0.1, 0.15) is 6.26 Å². The molecule has 22 heavy (non-hydrogen) atoms. The number of ether oxygens (including phenoxy) is 1. The van der Waals surface area contributed by atoms with Crippen molar-refractivity contribution >= 4 is 11.9 Å². The van der Waals surface area contributed by atoms with Gasteiger partial charge < -0.3 is 20.2 Å². The molecule has 0 unspecified atom stereocenters. The third kappa shape index (κ3) is 3.83. The summed E-state index contributed by atoms with van der Waals surface area (Å²) in [5.41, 5.74) is 5.62. The van der Waals surface area contributed by atoms with E-state index in [9.17, 15) is 9.59 Å². The highest BCUT2D eigenvalue weighted by atomic mass is 16.5. The van der Waals surface area contributed by atoms with Crippen LogP contribution in [0.1, 0.15) is 35.6 Å². The quantitative estimate of drug-likeness (QED) is 0.705. The van der Waals surface area contributed by atoms with Crippen LogP contribution in [0.4, 0.5) is 0 Å². The number of amides is 1. The van der Waals surface area contributed by atoms with E-state index >= 15 is 0 Å². The fourth-order valence-electron chi connectivity index (χ4n) is 2.67. The number of hydrogen-bond acceptors (Lipinski definition) is 7. The second-order valence-corrected chi connectivity index (χ2v) is 5.37. The van der Waals surface area contributed by atoms with Gasteiger partial charge in [-0.05, 0) is 19.9 Å². The SMILES string of the molecule is COC(=O)C[C@H]1CC[C@@H](CNC(=O)c2coc(CN)n2)N1C. The summed E-state index contributed by atoms with van der Waals surface area (Å²) in [4.78, 5) is 29.4. The molecule has 0 saturated carbocycles. The Morgan fingerprint density at radius 3 is 2.86 bits per heavy atom. The Bertz CT molecular complexity index is 531. The number of methoxy groups -OCH3 is 1. The van der Waals surface area contributed by atoms with E-state index in [1.165, 1.54) is 13.4 Å². The topological polar surface area (TPSA) is 111 Å². The maximum atomic E-state index is 12.0. The Hall–Kier alpha value is -1.93. The van der Waals surface area contributed by atoms with Gasteiger partial charge in [-0.2, -0.15) is 0 Å². The highest BCUT2D eigenvalue weighted by Gasteiger charge is 2.32. The molecule has 1 amide bonds. The number of oxazole rings is 1. The molecule has 3 N–H and O–H groups in total. The molecule has 0 bridgehead atoms. The summed E-state index contributed by atoms with van der Waals surface area (Å²) in [6, 6.07) is 0.352. The van der Waals surface area contributed by atoms with E-state index in [2.05, 4.69) is 15.2 Å². The van der Waals surface area contributed by atoms with Crippen molar-refractivity contribution in [3.8, 4) is 0 Å². The predicted molar refractivity (Wildman–Crippen MR) is 77.9 cm³/mol. The second-order valence-electron chi connectivity index (χ2n) is 5.37. The van der Waals surface area contributed by atoms with E-state index in [1.54, 1.807) is 0 Å². The molecule has 0 aliphatic carbocycles. The molecule has 2 rings (SSSR count). The van der Waals surface area contributed by atoms with Gasteiger partial charge in [-0.1, -0.05) is 0 Å². The average Bonchev–Trinajstić information content (AvgIpc) is 3.13. The highest BCUT2D eigenvalue weighted by Crippen LogP contribution is 2.24. The summed E-state index contributed by atoms with van der Waals surface area (Å²) in [7, 11) is 3.35. The van der Waals surface area contributed by atoms with Crippen molar-refractivity contribution < 1.29 is 18.7 Å². The van der Waals surface area contributed by atoms with Gasteiger partial charge in [-0.25, -0.2) is 4.98 Å². The lowest BCUT2D eigenvalue weighted by Gasteiger charge is -2.25. The lowest BCUT2D eigenvalue weighted by Crippen LogP contribution is -2.41. The van der Waals surface area contributed by atoms with E-state index < -0.39 is 0 Å². The number of esters is 1. The fraction of sp³-hybridized carbons (Fsp3) is 0.643. The number of hydrogen-bond donors (Lipinski definition) is 2. The lowest BCUT2D eigenvalue weighted by atomic mass is 10.1. The van der Waals surface area contributed by atoms with E-state index in [-0.39, 0.29) is 36.2 Å². The van der Waals surface area contributed by atoms with Crippen molar-refractivity contribution in [2.45, 2.75) is 37.9 Å². The summed E-state index contributed by atoms with van der Waals surface area (Å²) in [5, 5.41) is 2.84. The van der Waals surface area contributed by atoms with Crippen molar-refractivity contribution in [3.05, 3.63) is 17.8 Å². The Kier molecular flexibility index (Phi) is 5.51. The molecule has 0 aromatic carbocycles. The van der Waals surface area contributed by atoms with Gasteiger partial charge in [-0.15, -0.1) is 0 Å². The Morgan fingerprint density at radius 1 is 1.50 bits per heavy atom. The Labute approximate surface area is 129 Å². The van der Waals surface area contributed by atoms with Crippen LogP contribution in [0, 0.1) is 0 Å². The van der Waals surface area contributed by atoms with E-state index in [0.717, 1.165) is 12.8 Å². The van der Waals surface area contributed by atoms with E-state index in [0.29, 0.717) is 18.9 Å². The minimum absolute atomic E-state index is 0.158. The molecular weight excluding hydrogens is 288 g/mol. The molecule has 1 fully saturated rings. The minimum atomic E-state index is -0.284. The lowest BCUT2D eigenvalue weighted by molar-refractivity contribution is -0.141. The molecule has 1 aliphatic heterocycles. The van der Waals surface area contributed by atoms with Crippen molar-refractivity contribution in [1.29, 1.82) is 0 Å². The van der Waals surface area contributed by atoms with Crippen LogP contribution in [0.3, 0.4) is 0 Å². The molecule has 122 valence electrons. The molecule has 8 nitrogen and oxygen atoms in total. The van der Waals surface area contributed by atoms with E-state index in [4.69, 9.17) is 14.9 Å². The number of aromatic nitrogens is 1. The first-order valence-electron chi connectivity index (χ1n) is 7.26. The average molecular weight is 310 g/mol. The van der Waals surface area contributed by atoms with Crippen molar-refractivity contribution in [2.24, 2.45) is 5.73 Å². The largest absolute Gasteiger partial charge is 0.469 e. The third-order valence-corrected chi connectivity index (χ3v) is 4.07. The standard InChI is InChI=1S/C14H22N4O4/c1-18-9(5-13(19)21-2)3-4-10(18)7-16-14(20)11-8-22-12(6-15)17-11/h8-10H,3-7,15H2,1-2H3,(H,16,20)/t9-,10+/m1/s1. The maximum Gasteiger partial charge on any atom is 0.307 e. The fourth-order valence-corrected chi connectivity index (χ4v) is 2.67. The molecule has 2 heterocycles. The molecule has 0 spiro atoms. The van der Waals surface area contributed by atoms with Gasteiger partial charge in [0.15, 0.2) is 5.69 Å². The number of likely N-dealkylation sites (N-methyl/N-ethyl adjacent to an activating group) is 1. The van der Waals surface area contributed by atoms with E-state index in [1.807, 2.05) is 7.05 Å². The molecule has 1 aromatic heterocycles. The monoisotopic (exact) mass is 310 g/mol. The van der Waals surface area contributed by atoms with Crippen LogP contribution in [-0.4, -0.2) is 54.5 Å². The number of rotatable bonds is 6. The number of nitrogens with two attached hydrogens (primary N) is 1. The van der Waals surface area contributed by atoms with Crippen LogP contribution in [0.15, 0.2) is 10.7 Å². The number of nitrogens with one attached hydrogen (secondary N) is 1. The zero-order valence-electron chi connectivity index (χ0n) is 12.9. The minimum Gasteiger partial charge on any atom is -0.469 e. The second kappa shape index (κ2) is 7.37. The van der Waals surface area contributed by atoms with Gasteiger partial charge in [0.25, 0.3) is 5.91 Å². The number of likely N-dealkylation sites (tertiary alicyclic amines) is 1. The predicted octanol–water partition coefficient (Wildman–Crippen LogP) is -0.111. The van der Waals surface area contributed by atoms with Crippen LogP contribution in [0.5, 0.6) is 0 Å². The van der Waals surface area contributed by atoms with Crippen LogP contribution >= 0.6 is 0 Å². The maximum absolute atomic E-state index is 12.0. The van der Waals surface area contributed by atoms with Gasteiger partial charge in [0, 0.05) is 18.6 Å².